The summed E-state index contributed by atoms with van der Waals surface area (Å²) in [7, 11) is 0. The molecule has 2 heterocycles. The van der Waals surface area contributed by atoms with Crippen LogP contribution in [-0.4, -0.2) is 31.7 Å². The highest BCUT2D eigenvalue weighted by molar-refractivity contribution is 5.29. The molecule has 2 aromatic heterocycles. The van der Waals surface area contributed by atoms with Gasteiger partial charge in [-0.2, -0.15) is 10.4 Å². The number of hydrogen-bond donors (Lipinski definition) is 1. The summed E-state index contributed by atoms with van der Waals surface area (Å²) in [5.74, 6) is 0.887. The van der Waals surface area contributed by atoms with E-state index >= 15 is 0 Å². The van der Waals surface area contributed by atoms with Crippen molar-refractivity contribution in [3.05, 3.63) is 35.3 Å². The Bertz CT molecular complexity index is 609. The van der Waals surface area contributed by atoms with Gasteiger partial charge in [-0.15, -0.1) is 10.2 Å². The van der Waals surface area contributed by atoms with Gasteiger partial charge in [0, 0.05) is 12.8 Å². The van der Waals surface area contributed by atoms with Crippen molar-refractivity contribution in [1.29, 1.82) is 5.26 Å². The second kappa shape index (κ2) is 6.26. The fraction of sp³-hybridized carbons (Fsp3) is 0.429. The Balaban J connectivity index is 2.34. The molecule has 6 heteroatoms. The van der Waals surface area contributed by atoms with E-state index in [9.17, 15) is 0 Å². The van der Waals surface area contributed by atoms with Crippen LogP contribution in [0.5, 0.6) is 0 Å². The van der Waals surface area contributed by atoms with Crippen molar-refractivity contribution >= 4 is 0 Å². The number of aliphatic hydroxyl groups is 1. The van der Waals surface area contributed by atoms with Gasteiger partial charge in [0.1, 0.15) is 6.07 Å². The molecule has 0 fully saturated rings. The first-order chi connectivity index (χ1) is 9.65. The summed E-state index contributed by atoms with van der Waals surface area (Å²) in [5.41, 5.74) is 2.40. The molecule has 0 aromatic carbocycles. The number of aliphatic hydroxyl groups excluding tert-OH is 1. The first-order valence-corrected chi connectivity index (χ1v) is 6.59. The quantitative estimate of drug-likeness (QED) is 0.892. The van der Waals surface area contributed by atoms with Crippen molar-refractivity contribution < 1.29 is 5.11 Å². The zero-order chi connectivity index (χ0) is 14.5. The Morgan fingerprint density at radius 3 is 2.70 bits per heavy atom. The highest BCUT2D eigenvalue weighted by Crippen LogP contribution is 2.20. The maximum absolute atomic E-state index is 8.96. The fourth-order valence-electron chi connectivity index (χ4n) is 2.00. The van der Waals surface area contributed by atoms with Gasteiger partial charge >= 0.3 is 0 Å². The van der Waals surface area contributed by atoms with Gasteiger partial charge in [0.2, 0.25) is 0 Å². The Morgan fingerprint density at radius 2 is 2.15 bits per heavy atom. The third kappa shape index (κ3) is 3.00. The van der Waals surface area contributed by atoms with Gasteiger partial charge in [-0.1, -0.05) is 13.8 Å². The number of hydrogen-bond acceptors (Lipinski definition) is 5. The minimum atomic E-state index is 0.166. The van der Waals surface area contributed by atoms with Crippen molar-refractivity contribution in [2.45, 2.75) is 32.6 Å². The molecule has 20 heavy (non-hydrogen) atoms. The van der Waals surface area contributed by atoms with Crippen LogP contribution in [0.25, 0.3) is 5.82 Å². The minimum absolute atomic E-state index is 0.166. The SMILES string of the molecule is CC(C)c1nn(-c2ccc(C#N)nn2)cc1CCCO. The zero-order valence-electron chi connectivity index (χ0n) is 11.6. The molecule has 1 N–H and O–H groups in total. The van der Waals surface area contributed by atoms with Crippen LogP contribution in [0, 0.1) is 11.3 Å². The molecule has 2 rings (SSSR count). The molecule has 0 spiro atoms. The molecule has 0 saturated heterocycles. The summed E-state index contributed by atoms with van der Waals surface area (Å²) >= 11 is 0. The third-order valence-electron chi connectivity index (χ3n) is 2.97. The van der Waals surface area contributed by atoms with Crippen LogP contribution < -0.4 is 0 Å². The monoisotopic (exact) mass is 271 g/mol. The Labute approximate surface area is 117 Å². The molecule has 0 saturated carbocycles. The van der Waals surface area contributed by atoms with E-state index in [1.807, 2.05) is 12.3 Å². The fourth-order valence-corrected chi connectivity index (χ4v) is 2.00. The van der Waals surface area contributed by atoms with Gasteiger partial charge in [0.25, 0.3) is 0 Å². The molecular formula is C14H17N5O. The summed E-state index contributed by atoms with van der Waals surface area (Å²) in [6.45, 7) is 4.33. The van der Waals surface area contributed by atoms with Gasteiger partial charge in [-0.25, -0.2) is 4.68 Å². The van der Waals surface area contributed by atoms with Crippen LogP contribution in [0.15, 0.2) is 18.3 Å². The van der Waals surface area contributed by atoms with Crippen LogP contribution in [0.1, 0.15) is 43.1 Å². The molecular weight excluding hydrogens is 254 g/mol. The second-order valence-electron chi connectivity index (χ2n) is 4.85. The number of aromatic nitrogens is 4. The lowest BCUT2D eigenvalue weighted by molar-refractivity contribution is 0.288. The molecule has 0 bridgehead atoms. The molecule has 0 aliphatic carbocycles. The summed E-state index contributed by atoms with van der Waals surface area (Å²) < 4.78 is 1.68. The standard InChI is InChI=1S/C14H17N5O/c1-10(2)14-11(4-3-7-20)9-19(18-14)13-6-5-12(8-15)16-17-13/h5-6,9-10,20H,3-4,7H2,1-2H3. The highest BCUT2D eigenvalue weighted by Gasteiger charge is 2.13. The Hall–Kier alpha value is -2.26. The van der Waals surface area contributed by atoms with Crippen molar-refractivity contribution in [3.63, 3.8) is 0 Å². The molecule has 0 atom stereocenters. The predicted octanol–water partition coefficient (Wildman–Crippen LogP) is 1.58. The molecule has 0 amide bonds. The van der Waals surface area contributed by atoms with E-state index in [1.54, 1.807) is 16.8 Å². The lowest BCUT2D eigenvalue weighted by Gasteiger charge is -2.03. The number of nitriles is 1. The summed E-state index contributed by atoms with van der Waals surface area (Å²) in [5, 5.41) is 30.0. The Morgan fingerprint density at radius 1 is 1.35 bits per heavy atom. The van der Waals surface area contributed by atoms with Crippen molar-refractivity contribution in [1.82, 2.24) is 20.0 Å². The van der Waals surface area contributed by atoms with Gasteiger partial charge < -0.3 is 5.11 Å². The Kier molecular flexibility index (Phi) is 4.43. The first-order valence-electron chi connectivity index (χ1n) is 6.59. The summed E-state index contributed by atoms with van der Waals surface area (Å²) in [6.07, 6.45) is 3.42. The average Bonchev–Trinajstić information content (AvgIpc) is 2.89. The normalized spacial score (nSPS) is 10.8. The second-order valence-corrected chi connectivity index (χ2v) is 4.85. The van der Waals surface area contributed by atoms with Crippen molar-refractivity contribution in [2.75, 3.05) is 6.61 Å². The van der Waals surface area contributed by atoms with Crippen LogP contribution in [0.2, 0.25) is 0 Å². The maximum atomic E-state index is 8.96. The predicted molar refractivity (Wildman–Crippen MR) is 73.4 cm³/mol. The molecule has 0 aliphatic rings. The molecule has 0 aliphatic heterocycles. The molecule has 2 aromatic rings. The molecule has 6 nitrogen and oxygen atoms in total. The lowest BCUT2D eigenvalue weighted by Crippen LogP contribution is -2.01. The number of aryl methyl sites for hydroxylation is 1. The van der Waals surface area contributed by atoms with E-state index in [-0.39, 0.29) is 12.3 Å². The minimum Gasteiger partial charge on any atom is -0.396 e. The van der Waals surface area contributed by atoms with Gasteiger partial charge in [0.05, 0.1) is 5.69 Å². The molecule has 0 radical (unpaired) electrons. The van der Waals surface area contributed by atoms with Crippen LogP contribution in [0.4, 0.5) is 0 Å². The molecule has 0 unspecified atom stereocenters. The third-order valence-corrected chi connectivity index (χ3v) is 2.97. The largest absolute Gasteiger partial charge is 0.396 e. The topological polar surface area (TPSA) is 87.6 Å². The highest BCUT2D eigenvalue weighted by atomic mass is 16.2. The van der Waals surface area contributed by atoms with Gasteiger partial charge in [-0.05, 0) is 36.5 Å². The average molecular weight is 271 g/mol. The van der Waals surface area contributed by atoms with E-state index in [1.165, 1.54) is 0 Å². The van der Waals surface area contributed by atoms with E-state index in [0.29, 0.717) is 18.2 Å². The van der Waals surface area contributed by atoms with E-state index in [2.05, 4.69) is 29.1 Å². The summed E-state index contributed by atoms with van der Waals surface area (Å²) in [6, 6.07) is 5.28. The number of rotatable bonds is 5. The van der Waals surface area contributed by atoms with E-state index < -0.39 is 0 Å². The zero-order valence-corrected chi connectivity index (χ0v) is 11.6. The van der Waals surface area contributed by atoms with Gasteiger partial charge in [0.15, 0.2) is 11.5 Å². The molecule has 104 valence electrons. The summed E-state index contributed by atoms with van der Waals surface area (Å²) in [4.78, 5) is 0. The van der Waals surface area contributed by atoms with Crippen molar-refractivity contribution in [2.24, 2.45) is 0 Å². The number of nitrogens with zero attached hydrogens (tertiary/aromatic N) is 5. The smallest absolute Gasteiger partial charge is 0.175 e. The van der Waals surface area contributed by atoms with Crippen LogP contribution in [-0.2, 0) is 6.42 Å². The van der Waals surface area contributed by atoms with E-state index in [0.717, 1.165) is 17.7 Å². The van der Waals surface area contributed by atoms with Crippen LogP contribution >= 0.6 is 0 Å². The lowest BCUT2D eigenvalue weighted by atomic mass is 10.0. The van der Waals surface area contributed by atoms with Gasteiger partial charge in [-0.3, -0.25) is 0 Å². The van der Waals surface area contributed by atoms with Crippen LogP contribution in [0.3, 0.4) is 0 Å². The first kappa shape index (κ1) is 14.2. The van der Waals surface area contributed by atoms with Crippen molar-refractivity contribution in [3.8, 4) is 11.9 Å². The van der Waals surface area contributed by atoms with E-state index in [4.69, 9.17) is 10.4 Å². The maximum Gasteiger partial charge on any atom is 0.175 e.